The number of rotatable bonds is 2. The van der Waals surface area contributed by atoms with Gasteiger partial charge < -0.3 is 9.52 Å². The average molecular weight is 294 g/mol. The zero-order valence-corrected chi connectivity index (χ0v) is 11.6. The van der Waals surface area contributed by atoms with Crippen LogP contribution in [0.5, 0.6) is 0 Å². The summed E-state index contributed by atoms with van der Waals surface area (Å²) < 4.78 is 5.53. The first-order valence-electron chi connectivity index (χ1n) is 5.16. The SMILES string of the molecule is CC(C)C(O)c1cc2c(Cl)c(Cl)cc(Cl)c2o1. The van der Waals surface area contributed by atoms with E-state index in [0.29, 0.717) is 31.8 Å². The third-order valence-corrected chi connectivity index (χ3v) is 3.67. The summed E-state index contributed by atoms with van der Waals surface area (Å²) in [5.41, 5.74) is 0.454. The lowest BCUT2D eigenvalue weighted by molar-refractivity contribution is 0.104. The predicted molar refractivity (Wildman–Crippen MR) is 71.0 cm³/mol. The van der Waals surface area contributed by atoms with Gasteiger partial charge in [-0.1, -0.05) is 48.7 Å². The van der Waals surface area contributed by atoms with Gasteiger partial charge in [0.1, 0.15) is 11.9 Å². The Kier molecular flexibility index (Phi) is 3.60. The summed E-state index contributed by atoms with van der Waals surface area (Å²) in [6, 6.07) is 3.21. The van der Waals surface area contributed by atoms with Gasteiger partial charge in [-0.3, -0.25) is 0 Å². The molecule has 1 N–H and O–H groups in total. The zero-order valence-electron chi connectivity index (χ0n) is 9.30. The van der Waals surface area contributed by atoms with Crippen LogP contribution < -0.4 is 0 Å². The molecule has 0 saturated heterocycles. The quantitative estimate of drug-likeness (QED) is 0.783. The van der Waals surface area contributed by atoms with Gasteiger partial charge in [-0.25, -0.2) is 0 Å². The van der Waals surface area contributed by atoms with E-state index in [1.807, 2.05) is 13.8 Å². The van der Waals surface area contributed by atoms with Crippen molar-refractivity contribution in [2.45, 2.75) is 20.0 Å². The van der Waals surface area contributed by atoms with E-state index in [1.165, 1.54) is 6.07 Å². The Labute approximate surface area is 114 Å². The molecule has 0 fully saturated rings. The molecule has 92 valence electrons. The summed E-state index contributed by atoms with van der Waals surface area (Å²) >= 11 is 18.0. The molecule has 1 aromatic carbocycles. The molecule has 0 radical (unpaired) electrons. The van der Waals surface area contributed by atoms with Crippen molar-refractivity contribution in [2.24, 2.45) is 5.92 Å². The molecule has 2 rings (SSSR count). The predicted octanol–water partition coefficient (Wildman–Crippen LogP) is 5.08. The standard InChI is InChI=1S/C12H11Cl3O2/c1-5(2)11(16)9-3-6-10(15)7(13)4-8(14)12(6)17-9/h3-5,11,16H,1-2H3. The minimum absolute atomic E-state index is 0.0450. The normalized spacial score (nSPS) is 13.6. The average Bonchev–Trinajstić information content (AvgIpc) is 2.70. The maximum atomic E-state index is 9.94. The number of furan rings is 1. The van der Waals surface area contributed by atoms with Crippen LogP contribution in [-0.4, -0.2) is 5.11 Å². The Morgan fingerprint density at radius 3 is 2.35 bits per heavy atom. The first kappa shape index (κ1) is 13.0. The van der Waals surface area contributed by atoms with Gasteiger partial charge in [-0.2, -0.15) is 0 Å². The highest BCUT2D eigenvalue weighted by Crippen LogP contribution is 2.39. The molecule has 17 heavy (non-hydrogen) atoms. The lowest BCUT2D eigenvalue weighted by atomic mass is 10.1. The van der Waals surface area contributed by atoms with Crippen molar-refractivity contribution < 1.29 is 9.52 Å². The molecule has 0 aliphatic rings. The van der Waals surface area contributed by atoms with E-state index < -0.39 is 6.10 Å². The monoisotopic (exact) mass is 292 g/mol. The molecular weight excluding hydrogens is 282 g/mol. The topological polar surface area (TPSA) is 33.4 Å². The van der Waals surface area contributed by atoms with Crippen LogP contribution in [0, 0.1) is 5.92 Å². The molecule has 0 aliphatic carbocycles. The summed E-state index contributed by atoms with van der Waals surface area (Å²) in [6.45, 7) is 3.79. The highest BCUT2D eigenvalue weighted by atomic mass is 35.5. The maximum Gasteiger partial charge on any atom is 0.154 e. The number of aliphatic hydroxyl groups is 1. The van der Waals surface area contributed by atoms with Gasteiger partial charge in [-0.05, 0) is 18.1 Å². The first-order valence-corrected chi connectivity index (χ1v) is 6.30. The fourth-order valence-electron chi connectivity index (χ4n) is 1.59. The van der Waals surface area contributed by atoms with E-state index in [2.05, 4.69) is 0 Å². The van der Waals surface area contributed by atoms with Crippen LogP contribution in [0.3, 0.4) is 0 Å². The lowest BCUT2D eigenvalue weighted by Gasteiger charge is -2.10. The van der Waals surface area contributed by atoms with Crippen LogP contribution in [-0.2, 0) is 0 Å². The van der Waals surface area contributed by atoms with E-state index >= 15 is 0 Å². The summed E-state index contributed by atoms with van der Waals surface area (Å²) in [5.74, 6) is 0.490. The third kappa shape index (κ3) is 2.27. The van der Waals surface area contributed by atoms with Crippen LogP contribution in [0.25, 0.3) is 11.0 Å². The molecule has 0 saturated carbocycles. The summed E-state index contributed by atoms with van der Waals surface area (Å²) in [5, 5.41) is 11.7. The van der Waals surface area contributed by atoms with Crippen molar-refractivity contribution in [1.82, 2.24) is 0 Å². The van der Waals surface area contributed by atoms with Gasteiger partial charge in [0.25, 0.3) is 0 Å². The third-order valence-electron chi connectivity index (χ3n) is 2.59. The Balaban J connectivity index is 2.65. The van der Waals surface area contributed by atoms with Gasteiger partial charge >= 0.3 is 0 Å². The number of hydrogen-bond donors (Lipinski definition) is 1. The van der Waals surface area contributed by atoms with Crippen molar-refractivity contribution in [1.29, 1.82) is 0 Å². The van der Waals surface area contributed by atoms with Gasteiger partial charge in [0.05, 0.1) is 15.1 Å². The van der Waals surface area contributed by atoms with Crippen LogP contribution in [0.1, 0.15) is 25.7 Å². The molecule has 2 aromatic rings. The molecule has 1 heterocycles. The van der Waals surface area contributed by atoms with E-state index in [0.717, 1.165) is 0 Å². The maximum absolute atomic E-state index is 9.94. The van der Waals surface area contributed by atoms with Crippen LogP contribution in [0.15, 0.2) is 16.5 Å². The molecule has 2 nitrogen and oxygen atoms in total. The second-order valence-corrected chi connectivity index (χ2v) is 5.43. The Morgan fingerprint density at radius 2 is 1.76 bits per heavy atom. The van der Waals surface area contributed by atoms with E-state index in [9.17, 15) is 5.11 Å². The molecule has 0 bridgehead atoms. The van der Waals surface area contributed by atoms with Crippen LogP contribution in [0.4, 0.5) is 0 Å². The number of hydrogen-bond acceptors (Lipinski definition) is 2. The first-order chi connectivity index (χ1) is 7.91. The van der Waals surface area contributed by atoms with Crippen molar-refractivity contribution in [3.63, 3.8) is 0 Å². The van der Waals surface area contributed by atoms with Crippen LogP contribution >= 0.6 is 34.8 Å². The van der Waals surface area contributed by atoms with Crippen LogP contribution in [0.2, 0.25) is 15.1 Å². The second-order valence-electron chi connectivity index (χ2n) is 4.23. The number of fused-ring (bicyclic) bond motifs is 1. The van der Waals surface area contributed by atoms with E-state index in [4.69, 9.17) is 39.2 Å². The van der Waals surface area contributed by atoms with E-state index in [-0.39, 0.29) is 5.92 Å². The van der Waals surface area contributed by atoms with Crippen molar-refractivity contribution >= 4 is 45.8 Å². The fraction of sp³-hybridized carbons (Fsp3) is 0.333. The summed E-state index contributed by atoms with van der Waals surface area (Å²) in [7, 11) is 0. The van der Waals surface area contributed by atoms with Gasteiger partial charge in [-0.15, -0.1) is 0 Å². The number of benzene rings is 1. The smallest absolute Gasteiger partial charge is 0.154 e. The highest BCUT2D eigenvalue weighted by Gasteiger charge is 2.20. The molecule has 5 heteroatoms. The number of halogens is 3. The Hall–Kier alpha value is -0.410. The molecule has 0 spiro atoms. The largest absolute Gasteiger partial charge is 0.457 e. The molecule has 1 atom stereocenters. The Morgan fingerprint density at radius 1 is 1.12 bits per heavy atom. The van der Waals surface area contributed by atoms with Gasteiger partial charge in [0, 0.05) is 5.39 Å². The minimum atomic E-state index is -0.687. The molecule has 0 aliphatic heterocycles. The van der Waals surface area contributed by atoms with Crippen molar-refractivity contribution in [3.8, 4) is 0 Å². The fourth-order valence-corrected chi connectivity index (χ4v) is 2.30. The lowest BCUT2D eigenvalue weighted by Crippen LogP contribution is -2.03. The molecule has 1 aromatic heterocycles. The molecule has 1 unspecified atom stereocenters. The van der Waals surface area contributed by atoms with Crippen molar-refractivity contribution in [3.05, 3.63) is 33.0 Å². The summed E-state index contributed by atoms with van der Waals surface area (Å²) in [6.07, 6.45) is -0.687. The Bertz CT molecular complexity index is 560. The number of aliphatic hydroxyl groups excluding tert-OH is 1. The molecular formula is C12H11Cl3O2. The van der Waals surface area contributed by atoms with E-state index in [1.54, 1.807) is 6.07 Å². The molecule has 0 amide bonds. The zero-order chi connectivity index (χ0) is 12.7. The highest BCUT2D eigenvalue weighted by molar-refractivity contribution is 6.47. The minimum Gasteiger partial charge on any atom is -0.457 e. The van der Waals surface area contributed by atoms with Crippen molar-refractivity contribution in [2.75, 3.05) is 0 Å². The van der Waals surface area contributed by atoms with Gasteiger partial charge in [0.2, 0.25) is 0 Å². The van der Waals surface area contributed by atoms with Gasteiger partial charge in [0.15, 0.2) is 5.58 Å². The second kappa shape index (κ2) is 4.69. The summed E-state index contributed by atoms with van der Waals surface area (Å²) in [4.78, 5) is 0.